The Morgan fingerprint density at radius 3 is 2.59 bits per heavy atom. The van der Waals surface area contributed by atoms with Crippen molar-refractivity contribution in [3.05, 3.63) is 64.1 Å². The zero-order chi connectivity index (χ0) is 15.7. The van der Waals surface area contributed by atoms with Crippen LogP contribution in [0, 0.1) is 6.92 Å². The molecular weight excluding hydrogens is 382 g/mol. The van der Waals surface area contributed by atoms with Crippen molar-refractivity contribution in [1.82, 2.24) is 4.31 Å². The first-order chi connectivity index (χ1) is 10.5. The maximum Gasteiger partial charge on any atom is 0.244 e. The molecule has 116 valence electrons. The molecule has 0 amide bonds. The van der Waals surface area contributed by atoms with Gasteiger partial charge in [0, 0.05) is 16.8 Å². The molecule has 22 heavy (non-hydrogen) atoms. The van der Waals surface area contributed by atoms with E-state index in [0.29, 0.717) is 11.4 Å². The van der Waals surface area contributed by atoms with Crippen LogP contribution in [-0.2, 0) is 10.0 Å². The van der Waals surface area contributed by atoms with Gasteiger partial charge in [-0.1, -0.05) is 40.2 Å². The van der Waals surface area contributed by atoms with Gasteiger partial charge in [0.2, 0.25) is 10.0 Å². The molecule has 1 atom stereocenters. The summed E-state index contributed by atoms with van der Waals surface area (Å²) in [7, 11) is -3.47. The van der Waals surface area contributed by atoms with E-state index in [0.717, 1.165) is 21.4 Å². The third kappa shape index (κ3) is 3.11. The lowest BCUT2D eigenvalue weighted by Crippen LogP contribution is -2.30. The molecular formula is C16H16BrNO2S2. The quantitative estimate of drug-likeness (QED) is 0.778. The molecule has 0 radical (unpaired) electrons. The maximum absolute atomic E-state index is 12.9. The van der Waals surface area contributed by atoms with Crippen LogP contribution in [-0.4, -0.2) is 25.0 Å². The lowest BCUT2D eigenvalue weighted by molar-refractivity contribution is 0.434. The van der Waals surface area contributed by atoms with Gasteiger partial charge in [0.15, 0.2) is 0 Å². The van der Waals surface area contributed by atoms with Crippen molar-refractivity contribution >= 4 is 37.7 Å². The number of hydrogen-bond donors (Lipinski definition) is 0. The van der Waals surface area contributed by atoms with Gasteiger partial charge in [-0.3, -0.25) is 0 Å². The Morgan fingerprint density at radius 1 is 1.18 bits per heavy atom. The van der Waals surface area contributed by atoms with Gasteiger partial charge in [-0.25, -0.2) is 8.42 Å². The van der Waals surface area contributed by atoms with E-state index in [9.17, 15) is 8.42 Å². The molecule has 0 aliphatic carbocycles. The number of sulfonamides is 1. The van der Waals surface area contributed by atoms with E-state index in [2.05, 4.69) is 15.9 Å². The molecule has 2 aromatic rings. The van der Waals surface area contributed by atoms with Crippen molar-refractivity contribution in [3.8, 4) is 0 Å². The molecule has 1 saturated heterocycles. The normalized spacial score (nSPS) is 19.5. The summed E-state index contributed by atoms with van der Waals surface area (Å²) in [5, 5.41) is -0.154. The molecule has 0 N–H and O–H groups in total. The van der Waals surface area contributed by atoms with Crippen LogP contribution in [0.15, 0.2) is 57.9 Å². The lowest BCUT2D eigenvalue weighted by Gasteiger charge is -2.23. The average Bonchev–Trinajstić information content (AvgIpc) is 2.98. The first-order valence-corrected chi connectivity index (χ1v) is 10.2. The van der Waals surface area contributed by atoms with Crippen LogP contribution < -0.4 is 0 Å². The molecule has 3 nitrogen and oxygen atoms in total. The van der Waals surface area contributed by atoms with E-state index in [1.54, 1.807) is 34.3 Å². The van der Waals surface area contributed by atoms with Crippen LogP contribution in [0.25, 0.3) is 0 Å². The highest BCUT2D eigenvalue weighted by Crippen LogP contribution is 2.41. The molecule has 1 fully saturated rings. The minimum atomic E-state index is -3.47. The molecule has 6 heteroatoms. The smallest absolute Gasteiger partial charge is 0.207 e. The SMILES string of the molecule is Cc1cccc(S(=O)(=O)N2CCSC2c2ccc(Br)cc2)c1. The first-order valence-electron chi connectivity index (χ1n) is 6.94. The fourth-order valence-electron chi connectivity index (χ4n) is 2.50. The largest absolute Gasteiger partial charge is 0.244 e. The van der Waals surface area contributed by atoms with Gasteiger partial charge < -0.3 is 0 Å². The van der Waals surface area contributed by atoms with Crippen molar-refractivity contribution in [2.75, 3.05) is 12.3 Å². The Labute approximate surface area is 143 Å². The van der Waals surface area contributed by atoms with E-state index < -0.39 is 10.0 Å². The van der Waals surface area contributed by atoms with Crippen LogP contribution in [0.1, 0.15) is 16.5 Å². The monoisotopic (exact) mass is 397 g/mol. The first kappa shape index (κ1) is 16.1. The van der Waals surface area contributed by atoms with Gasteiger partial charge in [0.1, 0.15) is 0 Å². The van der Waals surface area contributed by atoms with E-state index in [1.807, 2.05) is 37.3 Å². The minimum absolute atomic E-state index is 0.154. The maximum atomic E-state index is 12.9. The van der Waals surface area contributed by atoms with Gasteiger partial charge in [0.05, 0.1) is 10.3 Å². The molecule has 1 aliphatic rings. The third-order valence-corrected chi connectivity index (χ3v) is 7.38. The van der Waals surface area contributed by atoms with Crippen LogP contribution in [0.4, 0.5) is 0 Å². The number of thioether (sulfide) groups is 1. The molecule has 0 aromatic heterocycles. The number of benzene rings is 2. The summed E-state index contributed by atoms with van der Waals surface area (Å²) >= 11 is 5.08. The predicted octanol–water partition coefficient (Wildman–Crippen LogP) is 4.19. The van der Waals surface area contributed by atoms with E-state index >= 15 is 0 Å². The molecule has 0 saturated carbocycles. The summed E-state index contributed by atoms with van der Waals surface area (Å²) < 4.78 is 28.5. The summed E-state index contributed by atoms with van der Waals surface area (Å²) in [5.41, 5.74) is 1.97. The highest BCUT2D eigenvalue weighted by atomic mass is 79.9. The Bertz CT molecular complexity index is 775. The van der Waals surface area contributed by atoms with E-state index in [-0.39, 0.29) is 5.37 Å². The molecule has 1 heterocycles. The zero-order valence-corrected chi connectivity index (χ0v) is 15.3. The van der Waals surface area contributed by atoms with Crippen LogP contribution in [0.2, 0.25) is 0 Å². The summed E-state index contributed by atoms with van der Waals surface area (Å²) in [6.07, 6.45) is 0. The number of hydrogen-bond acceptors (Lipinski definition) is 3. The second-order valence-electron chi connectivity index (χ2n) is 5.21. The third-order valence-electron chi connectivity index (χ3n) is 3.60. The molecule has 1 unspecified atom stereocenters. The van der Waals surface area contributed by atoms with Crippen molar-refractivity contribution in [3.63, 3.8) is 0 Å². The predicted molar refractivity (Wildman–Crippen MR) is 94.4 cm³/mol. The van der Waals surface area contributed by atoms with Gasteiger partial charge in [-0.05, 0) is 42.3 Å². The number of rotatable bonds is 3. The number of halogens is 1. The average molecular weight is 398 g/mol. The standard InChI is InChI=1S/C16H16BrNO2S2/c1-12-3-2-4-15(11-12)22(19,20)18-9-10-21-16(18)13-5-7-14(17)8-6-13/h2-8,11,16H,9-10H2,1H3. The molecule has 2 aromatic carbocycles. The van der Waals surface area contributed by atoms with Gasteiger partial charge in [-0.2, -0.15) is 4.31 Å². The molecule has 0 spiro atoms. The van der Waals surface area contributed by atoms with Crippen LogP contribution >= 0.6 is 27.7 Å². The summed E-state index contributed by atoms with van der Waals surface area (Å²) in [5.74, 6) is 0.811. The van der Waals surface area contributed by atoms with Crippen molar-refractivity contribution in [2.24, 2.45) is 0 Å². The van der Waals surface area contributed by atoms with E-state index in [4.69, 9.17) is 0 Å². The minimum Gasteiger partial charge on any atom is -0.207 e. The highest BCUT2D eigenvalue weighted by molar-refractivity contribution is 9.10. The second kappa shape index (κ2) is 6.35. The zero-order valence-electron chi connectivity index (χ0n) is 12.1. The summed E-state index contributed by atoms with van der Waals surface area (Å²) in [6.45, 7) is 2.45. The fourth-order valence-corrected chi connectivity index (χ4v) is 6.11. The van der Waals surface area contributed by atoms with Gasteiger partial charge in [0.25, 0.3) is 0 Å². The Balaban J connectivity index is 1.97. The summed E-state index contributed by atoms with van der Waals surface area (Å²) in [6, 6.07) is 15.0. The number of aryl methyl sites for hydroxylation is 1. The highest BCUT2D eigenvalue weighted by Gasteiger charge is 2.36. The topological polar surface area (TPSA) is 37.4 Å². The van der Waals surface area contributed by atoms with Crippen molar-refractivity contribution in [2.45, 2.75) is 17.2 Å². The Morgan fingerprint density at radius 2 is 1.91 bits per heavy atom. The lowest BCUT2D eigenvalue weighted by atomic mass is 10.2. The second-order valence-corrected chi connectivity index (χ2v) is 9.20. The molecule has 3 rings (SSSR count). The Kier molecular flexibility index (Phi) is 4.64. The fraction of sp³-hybridized carbons (Fsp3) is 0.250. The molecule has 1 aliphatic heterocycles. The Hall–Kier alpha value is -0.820. The number of nitrogens with zero attached hydrogens (tertiary/aromatic N) is 1. The van der Waals surface area contributed by atoms with Crippen LogP contribution in [0.5, 0.6) is 0 Å². The molecule has 0 bridgehead atoms. The van der Waals surface area contributed by atoms with E-state index in [1.165, 1.54) is 0 Å². The van der Waals surface area contributed by atoms with Crippen LogP contribution in [0.3, 0.4) is 0 Å². The van der Waals surface area contributed by atoms with Crippen molar-refractivity contribution in [1.29, 1.82) is 0 Å². The van der Waals surface area contributed by atoms with Crippen molar-refractivity contribution < 1.29 is 8.42 Å². The summed E-state index contributed by atoms with van der Waals surface area (Å²) in [4.78, 5) is 0.372. The van der Waals surface area contributed by atoms with Gasteiger partial charge in [-0.15, -0.1) is 11.8 Å². The van der Waals surface area contributed by atoms with Gasteiger partial charge >= 0.3 is 0 Å².